The molecule has 0 radical (unpaired) electrons. The second-order valence-corrected chi connectivity index (χ2v) is 6.19. The van der Waals surface area contributed by atoms with Crippen LogP contribution in [0.2, 0.25) is 0 Å². The minimum Gasteiger partial charge on any atom is -0.351 e. The lowest BCUT2D eigenvalue weighted by Crippen LogP contribution is -2.40. The molecule has 3 nitrogen and oxygen atoms in total. The predicted octanol–water partition coefficient (Wildman–Crippen LogP) is 1.35. The van der Waals surface area contributed by atoms with E-state index >= 15 is 0 Å². The molecule has 0 unspecified atom stereocenters. The molecule has 18 heavy (non-hydrogen) atoms. The van der Waals surface area contributed by atoms with Gasteiger partial charge in [-0.3, -0.25) is 9.69 Å². The van der Waals surface area contributed by atoms with Crippen LogP contribution in [0.15, 0.2) is 30.3 Å². The number of nitrogens with one attached hydrogen (secondary N) is 1. The summed E-state index contributed by atoms with van der Waals surface area (Å²) >= 11 is 1.91. The minimum atomic E-state index is 0.159. The van der Waals surface area contributed by atoms with Crippen LogP contribution in [0.4, 0.5) is 0 Å². The summed E-state index contributed by atoms with van der Waals surface area (Å²) in [4.78, 5) is 14.4. The van der Waals surface area contributed by atoms with E-state index in [4.69, 9.17) is 0 Å². The van der Waals surface area contributed by atoms with Crippen LogP contribution in [-0.4, -0.2) is 41.4 Å². The van der Waals surface area contributed by atoms with E-state index in [1.54, 1.807) is 0 Å². The third-order valence-corrected chi connectivity index (χ3v) is 4.84. The third kappa shape index (κ3) is 2.70. The Balaban J connectivity index is 1.72. The van der Waals surface area contributed by atoms with Crippen LogP contribution in [0.25, 0.3) is 0 Å². The summed E-state index contributed by atoms with van der Waals surface area (Å²) in [5.74, 6) is 2.42. The Morgan fingerprint density at radius 1 is 1.22 bits per heavy atom. The quantitative estimate of drug-likeness (QED) is 0.873. The van der Waals surface area contributed by atoms with Crippen molar-refractivity contribution < 1.29 is 4.79 Å². The Labute approximate surface area is 112 Å². The van der Waals surface area contributed by atoms with Gasteiger partial charge in [-0.25, -0.2) is 0 Å². The Morgan fingerprint density at radius 2 is 2.06 bits per heavy atom. The molecule has 1 aromatic carbocycles. The third-order valence-electron chi connectivity index (χ3n) is 3.56. The molecule has 0 saturated carbocycles. The molecule has 96 valence electrons. The number of amides is 1. The molecule has 0 spiro atoms. The number of fused-ring (bicyclic) bond motifs is 3. The van der Waals surface area contributed by atoms with E-state index in [1.165, 1.54) is 5.56 Å². The van der Waals surface area contributed by atoms with Gasteiger partial charge in [0, 0.05) is 31.1 Å². The molecule has 1 N–H and O–H groups in total. The van der Waals surface area contributed by atoms with Crippen LogP contribution < -0.4 is 5.32 Å². The van der Waals surface area contributed by atoms with E-state index in [0.29, 0.717) is 6.04 Å². The molecular weight excluding hydrogens is 244 g/mol. The maximum atomic E-state index is 11.9. The van der Waals surface area contributed by atoms with Gasteiger partial charge in [0.25, 0.3) is 0 Å². The number of benzene rings is 1. The molecule has 2 aliphatic heterocycles. The van der Waals surface area contributed by atoms with Crippen molar-refractivity contribution in [3.63, 3.8) is 0 Å². The molecule has 2 fully saturated rings. The van der Waals surface area contributed by atoms with Crippen molar-refractivity contribution in [1.82, 2.24) is 10.2 Å². The highest BCUT2D eigenvalue weighted by molar-refractivity contribution is 7.99. The maximum absolute atomic E-state index is 11.9. The van der Waals surface area contributed by atoms with Gasteiger partial charge >= 0.3 is 0 Å². The summed E-state index contributed by atoms with van der Waals surface area (Å²) in [6.07, 6.45) is 0. The van der Waals surface area contributed by atoms with Crippen molar-refractivity contribution in [2.24, 2.45) is 5.92 Å². The first-order valence-electron chi connectivity index (χ1n) is 6.45. The van der Waals surface area contributed by atoms with Gasteiger partial charge in [0.1, 0.15) is 0 Å². The van der Waals surface area contributed by atoms with Crippen molar-refractivity contribution >= 4 is 17.7 Å². The van der Waals surface area contributed by atoms with Gasteiger partial charge in [0.15, 0.2) is 0 Å². The van der Waals surface area contributed by atoms with Crippen molar-refractivity contribution in [1.29, 1.82) is 0 Å². The van der Waals surface area contributed by atoms with E-state index in [-0.39, 0.29) is 11.8 Å². The standard InChI is InChI=1S/C14H18N2OS/c17-14-12-7-16(6-11-4-2-1-3-5-11)8-13(15-14)10-18-9-12/h1-5,12-13H,6-10H2,(H,15,17)/t12-,13-/m1/s1. The summed E-state index contributed by atoms with van der Waals surface area (Å²) in [5, 5.41) is 3.16. The normalized spacial score (nSPS) is 28.6. The molecule has 4 heteroatoms. The summed E-state index contributed by atoms with van der Waals surface area (Å²) < 4.78 is 0. The van der Waals surface area contributed by atoms with Crippen LogP contribution >= 0.6 is 11.8 Å². The van der Waals surface area contributed by atoms with Gasteiger partial charge in [-0.15, -0.1) is 0 Å². The maximum Gasteiger partial charge on any atom is 0.225 e. The first kappa shape index (κ1) is 12.1. The van der Waals surface area contributed by atoms with Crippen LogP contribution in [0, 0.1) is 5.92 Å². The van der Waals surface area contributed by atoms with Crippen molar-refractivity contribution in [3.05, 3.63) is 35.9 Å². The monoisotopic (exact) mass is 262 g/mol. The number of carbonyl (C=O) groups is 1. The zero-order valence-electron chi connectivity index (χ0n) is 10.3. The molecule has 1 amide bonds. The Hall–Kier alpha value is -1.00. The van der Waals surface area contributed by atoms with Gasteiger partial charge in [-0.05, 0) is 5.56 Å². The minimum absolute atomic E-state index is 0.159. The second kappa shape index (κ2) is 5.33. The van der Waals surface area contributed by atoms with Gasteiger partial charge in [0.2, 0.25) is 5.91 Å². The molecule has 3 rings (SSSR count). The van der Waals surface area contributed by atoms with E-state index in [0.717, 1.165) is 31.1 Å². The molecule has 2 saturated heterocycles. The number of hydrogen-bond acceptors (Lipinski definition) is 3. The SMILES string of the molecule is O=C1N[C@H]2CSC[C@H]1CN(Cc1ccccc1)C2. The van der Waals surface area contributed by atoms with Gasteiger partial charge in [0.05, 0.1) is 12.0 Å². The van der Waals surface area contributed by atoms with E-state index in [1.807, 2.05) is 17.8 Å². The fraction of sp³-hybridized carbons (Fsp3) is 0.500. The molecule has 2 bridgehead atoms. The Morgan fingerprint density at radius 3 is 2.89 bits per heavy atom. The summed E-state index contributed by atoms with van der Waals surface area (Å²) in [7, 11) is 0. The van der Waals surface area contributed by atoms with Gasteiger partial charge in [-0.1, -0.05) is 30.3 Å². The zero-order valence-corrected chi connectivity index (χ0v) is 11.2. The Bertz CT molecular complexity index is 423. The van der Waals surface area contributed by atoms with E-state index in [2.05, 4.69) is 34.5 Å². The number of nitrogens with zero attached hydrogens (tertiary/aromatic N) is 1. The summed E-state index contributed by atoms with van der Waals surface area (Å²) in [6, 6.07) is 10.8. The average molecular weight is 262 g/mol. The number of thioether (sulfide) groups is 1. The molecule has 1 aromatic rings. The predicted molar refractivity (Wildman–Crippen MR) is 74.5 cm³/mol. The summed E-state index contributed by atoms with van der Waals surface area (Å²) in [5.41, 5.74) is 1.33. The fourth-order valence-corrected chi connectivity index (χ4v) is 3.84. The molecule has 2 atom stereocenters. The van der Waals surface area contributed by atoms with Crippen LogP contribution in [0.1, 0.15) is 5.56 Å². The zero-order chi connectivity index (χ0) is 12.4. The number of carbonyl (C=O) groups excluding carboxylic acids is 1. The van der Waals surface area contributed by atoms with E-state index in [9.17, 15) is 4.79 Å². The number of hydrogen-bond donors (Lipinski definition) is 1. The second-order valence-electron chi connectivity index (χ2n) is 5.12. The average Bonchev–Trinajstić information content (AvgIpc) is 2.59. The van der Waals surface area contributed by atoms with Gasteiger partial charge in [-0.2, -0.15) is 11.8 Å². The topological polar surface area (TPSA) is 32.3 Å². The first-order valence-corrected chi connectivity index (χ1v) is 7.61. The van der Waals surface area contributed by atoms with Crippen LogP contribution in [0.5, 0.6) is 0 Å². The largest absolute Gasteiger partial charge is 0.351 e. The van der Waals surface area contributed by atoms with Crippen molar-refractivity contribution in [2.45, 2.75) is 12.6 Å². The van der Waals surface area contributed by atoms with E-state index < -0.39 is 0 Å². The van der Waals surface area contributed by atoms with Gasteiger partial charge < -0.3 is 5.32 Å². The lowest BCUT2D eigenvalue weighted by atomic mass is 10.1. The fourth-order valence-electron chi connectivity index (χ4n) is 2.69. The first-order chi connectivity index (χ1) is 8.81. The number of rotatable bonds is 2. The lowest BCUT2D eigenvalue weighted by molar-refractivity contribution is -0.124. The molecule has 2 heterocycles. The smallest absolute Gasteiger partial charge is 0.225 e. The van der Waals surface area contributed by atoms with Crippen molar-refractivity contribution in [2.75, 3.05) is 24.6 Å². The highest BCUT2D eigenvalue weighted by atomic mass is 32.2. The van der Waals surface area contributed by atoms with Crippen molar-refractivity contribution in [3.8, 4) is 0 Å². The molecule has 0 aliphatic carbocycles. The van der Waals surface area contributed by atoms with Crippen LogP contribution in [-0.2, 0) is 11.3 Å². The van der Waals surface area contributed by atoms with Crippen LogP contribution in [0.3, 0.4) is 0 Å². The molecule has 2 aliphatic rings. The lowest BCUT2D eigenvalue weighted by Gasteiger charge is -2.27. The Kier molecular flexibility index (Phi) is 3.57. The highest BCUT2D eigenvalue weighted by Gasteiger charge is 2.32. The highest BCUT2D eigenvalue weighted by Crippen LogP contribution is 2.22. The molecule has 0 aromatic heterocycles. The molecular formula is C14H18N2OS. The summed E-state index contributed by atoms with van der Waals surface area (Å²) in [6.45, 7) is 2.82.